The average molecular weight is 669 g/mol. The summed E-state index contributed by atoms with van der Waals surface area (Å²) in [4.78, 5) is 37.1. The molecule has 1 saturated heterocycles. The summed E-state index contributed by atoms with van der Waals surface area (Å²) in [5.74, 6) is -0.261. The zero-order chi connectivity index (χ0) is 34.0. The predicted molar refractivity (Wildman–Crippen MR) is 175 cm³/mol. The largest absolute Gasteiger partial charge is 0.469 e. The van der Waals surface area contributed by atoms with Crippen molar-refractivity contribution in [1.29, 1.82) is 0 Å². The van der Waals surface area contributed by atoms with Crippen LogP contribution < -0.4 is 15.4 Å². The van der Waals surface area contributed by atoms with Gasteiger partial charge in [0.15, 0.2) is 23.5 Å². The van der Waals surface area contributed by atoms with E-state index in [1.807, 2.05) is 56.3 Å². The van der Waals surface area contributed by atoms with Crippen LogP contribution in [0.1, 0.15) is 86.9 Å². The minimum Gasteiger partial charge on any atom is -0.469 e. The van der Waals surface area contributed by atoms with Gasteiger partial charge >= 0.3 is 0 Å². The van der Waals surface area contributed by atoms with Crippen molar-refractivity contribution in [2.45, 2.75) is 77.0 Å². The van der Waals surface area contributed by atoms with Crippen LogP contribution in [-0.2, 0) is 30.9 Å². The van der Waals surface area contributed by atoms with Crippen LogP contribution in [0.2, 0.25) is 0 Å². The molecule has 1 spiro atoms. The standard InChI is InChI=1S/C37H40N4O8/c1-18(2)28-34-41-29(33-38-25(17-47-33)35-45-12-7-13-46-35)31(49-34)37-22-8-5-6-9-24(22)39-36(37)48-27-11-10-20(15-23(27)37)14-21(32(44)40-28)16-26(42)30(43)19(3)4/h5-6,8-11,15,17-19,21,28,30,35-36,39,43H,7,12-14,16H2,1-4H3,(H,40,44)/t21?,28-,30-,36-,37?/m0/s1. The minimum absolute atomic E-state index is 0.117. The van der Waals surface area contributed by atoms with Gasteiger partial charge in [0.2, 0.25) is 24.0 Å². The summed E-state index contributed by atoms with van der Waals surface area (Å²) in [5, 5.41) is 17.3. The van der Waals surface area contributed by atoms with Gasteiger partial charge in [-0.1, -0.05) is 58.0 Å². The summed E-state index contributed by atoms with van der Waals surface area (Å²) >= 11 is 0. The van der Waals surface area contributed by atoms with Crippen molar-refractivity contribution < 1.29 is 37.7 Å². The van der Waals surface area contributed by atoms with E-state index in [-0.39, 0.29) is 48.1 Å². The molecule has 4 aliphatic rings. The molecule has 5 atom stereocenters. The Bertz CT molecular complexity index is 1910. The number of fused-ring (bicyclic) bond motifs is 4. The van der Waals surface area contributed by atoms with E-state index in [1.165, 1.54) is 6.26 Å². The summed E-state index contributed by atoms with van der Waals surface area (Å²) in [5.41, 5.74) is 3.32. The second kappa shape index (κ2) is 12.1. The number of anilines is 1. The monoisotopic (exact) mass is 668 g/mol. The number of ketones is 1. The Morgan fingerprint density at radius 3 is 2.61 bits per heavy atom. The Balaban J connectivity index is 1.34. The fourth-order valence-corrected chi connectivity index (χ4v) is 7.46. The third-order valence-corrected chi connectivity index (χ3v) is 10.0. The number of rotatable bonds is 7. The molecule has 2 aromatic heterocycles. The number of aromatic nitrogens is 2. The van der Waals surface area contributed by atoms with Gasteiger partial charge < -0.3 is 38.8 Å². The highest BCUT2D eigenvalue weighted by atomic mass is 16.7. The van der Waals surface area contributed by atoms with Crippen LogP contribution in [0.5, 0.6) is 5.75 Å². The van der Waals surface area contributed by atoms with E-state index in [2.05, 4.69) is 10.6 Å². The molecule has 3 N–H and O–H groups in total. The van der Waals surface area contributed by atoms with Gasteiger partial charge in [0.05, 0.1) is 13.2 Å². The number of ether oxygens (including phenoxy) is 3. The Morgan fingerprint density at radius 1 is 1.04 bits per heavy atom. The van der Waals surface area contributed by atoms with Gasteiger partial charge in [-0.3, -0.25) is 9.59 Å². The molecule has 49 heavy (non-hydrogen) atoms. The maximum Gasteiger partial charge on any atom is 0.249 e. The van der Waals surface area contributed by atoms with Gasteiger partial charge in [-0.2, -0.15) is 0 Å². The number of amides is 1. The number of hydrogen-bond acceptors (Lipinski definition) is 11. The van der Waals surface area contributed by atoms with Crippen molar-refractivity contribution in [3.63, 3.8) is 0 Å². The number of carbonyl (C=O) groups is 2. The van der Waals surface area contributed by atoms with E-state index >= 15 is 0 Å². The molecule has 4 aliphatic heterocycles. The fourth-order valence-electron chi connectivity index (χ4n) is 7.46. The Kier molecular flexibility index (Phi) is 7.84. The molecule has 0 aliphatic carbocycles. The lowest BCUT2D eigenvalue weighted by molar-refractivity contribution is -0.185. The van der Waals surface area contributed by atoms with Crippen LogP contribution in [0.3, 0.4) is 0 Å². The summed E-state index contributed by atoms with van der Waals surface area (Å²) in [7, 11) is 0. The van der Waals surface area contributed by atoms with Gasteiger partial charge in [-0.05, 0) is 47.9 Å². The van der Waals surface area contributed by atoms with E-state index in [0.717, 1.165) is 28.8 Å². The summed E-state index contributed by atoms with van der Waals surface area (Å²) < 4.78 is 31.2. The highest BCUT2D eigenvalue weighted by Gasteiger charge is 2.61. The van der Waals surface area contributed by atoms with E-state index in [4.69, 9.17) is 33.0 Å². The van der Waals surface area contributed by atoms with E-state index in [9.17, 15) is 14.7 Å². The molecule has 2 aromatic carbocycles. The number of nitrogens with one attached hydrogen (secondary N) is 2. The van der Waals surface area contributed by atoms with E-state index in [1.54, 1.807) is 13.8 Å². The van der Waals surface area contributed by atoms with Crippen LogP contribution in [0.15, 0.2) is 57.6 Å². The number of nitrogens with zero attached hydrogens (tertiary/aromatic N) is 2. The number of carbonyl (C=O) groups excluding carboxylic acids is 2. The van der Waals surface area contributed by atoms with Crippen molar-refractivity contribution in [3.05, 3.63) is 82.8 Å². The molecular formula is C37H40N4O8. The lowest BCUT2D eigenvalue weighted by atomic mass is 9.72. The number of aliphatic hydroxyl groups is 1. The quantitative estimate of drug-likeness (QED) is 0.238. The van der Waals surface area contributed by atoms with Crippen molar-refractivity contribution >= 4 is 17.4 Å². The molecule has 12 heteroatoms. The Morgan fingerprint density at radius 2 is 1.84 bits per heavy atom. The molecule has 0 radical (unpaired) electrons. The first-order chi connectivity index (χ1) is 23.6. The number of aliphatic hydroxyl groups excluding tert-OH is 1. The second-order valence-corrected chi connectivity index (χ2v) is 14.1. The predicted octanol–water partition coefficient (Wildman–Crippen LogP) is 5.21. The van der Waals surface area contributed by atoms with Crippen molar-refractivity contribution in [2.24, 2.45) is 17.8 Å². The molecule has 2 unspecified atom stereocenters. The summed E-state index contributed by atoms with van der Waals surface area (Å²) in [6, 6.07) is 13.2. The van der Waals surface area contributed by atoms with Gasteiger partial charge in [0.25, 0.3) is 0 Å². The molecule has 8 rings (SSSR count). The van der Waals surface area contributed by atoms with E-state index < -0.39 is 36.0 Å². The maximum atomic E-state index is 14.1. The first-order valence-electron chi connectivity index (χ1n) is 17.0. The third kappa shape index (κ3) is 5.15. The highest BCUT2D eigenvalue weighted by molar-refractivity contribution is 5.89. The third-order valence-electron chi connectivity index (χ3n) is 10.0. The van der Waals surface area contributed by atoms with Crippen LogP contribution >= 0.6 is 0 Å². The smallest absolute Gasteiger partial charge is 0.249 e. The zero-order valence-electron chi connectivity index (χ0n) is 27.9. The molecule has 12 nitrogen and oxygen atoms in total. The highest BCUT2D eigenvalue weighted by Crippen LogP contribution is 2.59. The summed E-state index contributed by atoms with van der Waals surface area (Å²) in [6.07, 6.45) is 0.0483. The van der Waals surface area contributed by atoms with Crippen molar-refractivity contribution in [3.8, 4) is 17.3 Å². The number of benzene rings is 2. The molecule has 6 heterocycles. The number of oxazole rings is 2. The maximum absolute atomic E-state index is 14.1. The van der Waals surface area contributed by atoms with Gasteiger partial charge in [-0.25, -0.2) is 9.97 Å². The lowest BCUT2D eigenvalue weighted by Gasteiger charge is -2.28. The van der Waals surface area contributed by atoms with Crippen LogP contribution in [-0.4, -0.2) is 52.3 Å². The second-order valence-electron chi connectivity index (χ2n) is 14.1. The van der Waals surface area contributed by atoms with Gasteiger partial charge in [0, 0.05) is 23.6 Å². The van der Waals surface area contributed by atoms with Gasteiger partial charge in [0.1, 0.15) is 35.3 Å². The zero-order valence-corrected chi connectivity index (χ0v) is 27.9. The molecule has 1 fully saturated rings. The minimum atomic E-state index is -1.17. The van der Waals surface area contributed by atoms with E-state index in [0.29, 0.717) is 36.1 Å². The normalized spacial score (nSPS) is 25.1. The fraction of sp³-hybridized carbons (Fsp3) is 0.459. The average Bonchev–Trinajstić information content (AvgIpc) is 3.87. The SMILES string of the molecule is CC(C)[C@H](O)C(=O)CC1Cc2ccc3c(c2)C2(c4ccccc4N[C@H]2O3)c2oc(nc2-c2nc(C3OCCCO3)co2)[C@H](C(C)C)NC1=O. The topological polar surface area (TPSA) is 158 Å². The molecule has 256 valence electrons. The van der Waals surface area contributed by atoms with Gasteiger partial charge in [-0.15, -0.1) is 0 Å². The summed E-state index contributed by atoms with van der Waals surface area (Å²) in [6.45, 7) is 8.61. The molecule has 0 saturated carbocycles. The van der Waals surface area contributed by atoms with Crippen molar-refractivity contribution in [1.82, 2.24) is 15.3 Å². The number of Topliss-reactive ketones (excluding diaryl/α,β-unsaturated/α-hetero) is 1. The first kappa shape index (κ1) is 31.7. The first-order valence-corrected chi connectivity index (χ1v) is 17.0. The molecule has 4 bridgehead atoms. The molecular weight excluding hydrogens is 628 g/mol. The van der Waals surface area contributed by atoms with Crippen LogP contribution in [0, 0.1) is 17.8 Å². The Hall–Kier alpha value is -4.52. The van der Waals surface area contributed by atoms with Crippen LogP contribution in [0.25, 0.3) is 11.6 Å². The molecule has 4 aromatic rings. The van der Waals surface area contributed by atoms with Crippen LogP contribution in [0.4, 0.5) is 5.69 Å². The number of hydrogen-bond donors (Lipinski definition) is 3. The Labute approximate surface area is 283 Å². The lowest BCUT2D eigenvalue weighted by Crippen LogP contribution is -2.41. The van der Waals surface area contributed by atoms with Crippen molar-refractivity contribution in [2.75, 3.05) is 18.5 Å². The number of para-hydroxylation sites is 1. The molecule has 1 amide bonds.